The van der Waals surface area contributed by atoms with Crippen LogP contribution in [0.2, 0.25) is 0 Å². The smallest absolute Gasteiger partial charge is 0.268 e. The van der Waals surface area contributed by atoms with Crippen molar-refractivity contribution in [3.05, 3.63) is 60.0 Å². The van der Waals surface area contributed by atoms with Gasteiger partial charge in [0.1, 0.15) is 5.69 Å². The number of benzene rings is 1. The van der Waals surface area contributed by atoms with E-state index in [9.17, 15) is 4.79 Å². The normalized spacial score (nSPS) is 11.2. The van der Waals surface area contributed by atoms with E-state index < -0.39 is 0 Å². The van der Waals surface area contributed by atoms with E-state index in [0.717, 1.165) is 16.7 Å². The van der Waals surface area contributed by atoms with Crippen molar-refractivity contribution in [3.63, 3.8) is 0 Å². The fourth-order valence-electron chi connectivity index (χ4n) is 2.54. The molecule has 0 atom stereocenters. The Morgan fingerprint density at radius 3 is 2.71 bits per heavy atom. The Kier molecular flexibility index (Phi) is 3.52. The van der Waals surface area contributed by atoms with Crippen LogP contribution in [0.1, 0.15) is 35.9 Å². The lowest BCUT2D eigenvalue weighted by Crippen LogP contribution is -2.25. The first-order valence-electron chi connectivity index (χ1n) is 7.07. The molecule has 0 aliphatic carbocycles. The van der Waals surface area contributed by atoms with E-state index in [-0.39, 0.29) is 11.9 Å². The minimum Gasteiger partial charge on any atom is -0.463 e. The second-order valence-electron chi connectivity index (χ2n) is 5.33. The summed E-state index contributed by atoms with van der Waals surface area (Å²) in [6.07, 6.45) is 1.65. The predicted octanol–water partition coefficient (Wildman–Crippen LogP) is 3.75. The van der Waals surface area contributed by atoms with Crippen LogP contribution in [-0.2, 0) is 6.54 Å². The average Bonchev–Trinajstić information content (AvgIpc) is 3.05. The van der Waals surface area contributed by atoms with Gasteiger partial charge in [0.25, 0.3) is 5.91 Å². The highest BCUT2D eigenvalue weighted by molar-refractivity contribution is 5.97. The van der Waals surface area contributed by atoms with E-state index in [1.54, 1.807) is 12.3 Å². The first-order chi connectivity index (χ1) is 10.2. The number of carbonyl (C=O) groups excluding carboxylic acids is 1. The number of rotatable bonds is 4. The summed E-state index contributed by atoms with van der Waals surface area (Å²) < 4.78 is 7.40. The van der Waals surface area contributed by atoms with Gasteiger partial charge in [-0.15, -0.1) is 0 Å². The number of hydrogen-bond donors (Lipinski definition) is 1. The number of nitrogens with zero attached hydrogens (tertiary/aromatic N) is 1. The zero-order valence-electron chi connectivity index (χ0n) is 12.2. The zero-order chi connectivity index (χ0) is 14.8. The molecule has 3 rings (SSSR count). The Balaban J connectivity index is 1.84. The summed E-state index contributed by atoms with van der Waals surface area (Å²) in [6, 6.07) is 13.8. The maximum Gasteiger partial charge on any atom is 0.268 e. The maximum absolute atomic E-state index is 12.4. The van der Waals surface area contributed by atoms with Gasteiger partial charge in [-0.2, -0.15) is 0 Å². The third kappa shape index (κ3) is 2.57. The molecule has 1 N–H and O–H groups in total. The SMILES string of the molecule is CC(C)n1c(C(=O)NCc2ccccc2)cc2occc21. The molecule has 2 heterocycles. The van der Waals surface area contributed by atoms with E-state index in [2.05, 4.69) is 19.2 Å². The van der Waals surface area contributed by atoms with Crippen LogP contribution in [0, 0.1) is 0 Å². The van der Waals surface area contributed by atoms with Crippen LogP contribution in [0.5, 0.6) is 0 Å². The number of aromatic nitrogens is 1. The molecular formula is C17H18N2O2. The third-order valence-corrected chi connectivity index (χ3v) is 3.51. The number of nitrogens with one attached hydrogen (secondary N) is 1. The molecule has 0 aliphatic rings. The topological polar surface area (TPSA) is 47.2 Å². The van der Waals surface area contributed by atoms with Crippen LogP contribution in [0.25, 0.3) is 11.1 Å². The van der Waals surface area contributed by atoms with Crippen molar-refractivity contribution in [2.45, 2.75) is 26.4 Å². The highest BCUT2D eigenvalue weighted by atomic mass is 16.3. The van der Waals surface area contributed by atoms with Gasteiger partial charge in [-0.3, -0.25) is 4.79 Å². The van der Waals surface area contributed by atoms with Gasteiger partial charge in [-0.05, 0) is 19.4 Å². The van der Waals surface area contributed by atoms with Gasteiger partial charge in [-0.1, -0.05) is 30.3 Å². The standard InChI is InChI=1S/C17H18N2O2/c1-12(2)19-14-8-9-21-16(14)10-15(19)17(20)18-11-13-6-4-3-5-7-13/h3-10,12H,11H2,1-2H3,(H,18,20). The summed E-state index contributed by atoms with van der Waals surface area (Å²) in [6.45, 7) is 4.63. The van der Waals surface area contributed by atoms with Gasteiger partial charge in [0.05, 0.1) is 11.8 Å². The summed E-state index contributed by atoms with van der Waals surface area (Å²) in [5.41, 5.74) is 3.41. The molecule has 0 unspecified atom stereocenters. The molecule has 108 valence electrons. The molecule has 3 aromatic rings. The van der Waals surface area contributed by atoms with Gasteiger partial charge in [0, 0.05) is 24.7 Å². The summed E-state index contributed by atoms with van der Waals surface area (Å²) >= 11 is 0. The van der Waals surface area contributed by atoms with Crippen molar-refractivity contribution in [2.75, 3.05) is 0 Å². The molecule has 0 saturated carbocycles. The lowest BCUT2D eigenvalue weighted by atomic mass is 10.2. The molecule has 4 nitrogen and oxygen atoms in total. The molecule has 1 aromatic carbocycles. The van der Waals surface area contributed by atoms with Crippen molar-refractivity contribution >= 4 is 17.0 Å². The summed E-state index contributed by atoms with van der Waals surface area (Å²) in [5, 5.41) is 2.96. The highest BCUT2D eigenvalue weighted by Gasteiger charge is 2.18. The van der Waals surface area contributed by atoms with Crippen LogP contribution in [0.4, 0.5) is 0 Å². The number of furan rings is 1. The predicted molar refractivity (Wildman–Crippen MR) is 82.2 cm³/mol. The van der Waals surface area contributed by atoms with Crippen molar-refractivity contribution in [1.82, 2.24) is 9.88 Å². The Morgan fingerprint density at radius 1 is 1.24 bits per heavy atom. The molecule has 0 fully saturated rings. The van der Waals surface area contributed by atoms with E-state index in [0.29, 0.717) is 12.2 Å². The first kappa shape index (κ1) is 13.5. The summed E-state index contributed by atoms with van der Waals surface area (Å²) in [5.74, 6) is -0.0843. The lowest BCUT2D eigenvalue weighted by molar-refractivity contribution is 0.0940. The van der Waals surface area contributed by atoms with E-state index in [1.165, 1.54) is 0 Å². The van der Waals surface area contributed by atoms with Gasteiger partial charge in [0.15, 0.2) is 5.58 Å². The Morgan fingerprint density at radius 2 is 2.00 bits per heavy atom. The number of fused-ring (bicyclic) bond motifs is 1. The molecule has 0 bridgehead atoms. The number of carbonyl (C=O) groups is 1. The Labute approximate surface area is 123 Å². The van der Waals surface area contributed by atoms with Gasteiger partial charge >= 0.3 is 0 Å². The average molecular weight is 282 g/mol. The van der Waals surface area contributed by atoms with Crippen molar-refractivity contribution < 1.29 is 9.21 Å². The fourth-order valence-corrected chi connectivity index (χ4v) is 2.54. The number of hydrogen-bond acceptors (Lipinski definition) is 2. The molecule has 4 heteroatoms. The molecule has 21 heavy (non-hydrogen) atoms. The second-order valence-corrected chi connectivity index (χ2v) is 5.33. The molecule has 2 aromatic heterocycles. The minimum absolute atomic E-state index is 0.0843. The van der Waals surface area contributed by atoms with Crippen LogP contribution in [0.3, 0.4) is 0 Å². The summed E-state index contributed by atoms with van der Waals surface area (Å²) in [7, 11) is 0. The van der Waals surface area contributed by atoms with Crippen LogP contribution >= 0.6 is 0 Å². The summed E-state index contributed by atoms with van der Waals surface area (Å²) in [4.78, 5) is 12.4. The molecule has 0 aliphatic heterocycles. The maximum atomic E-state index is 12.4. The van der Waals surface area contributed by atoms with Crippen molar-refractivity contribution in [3.8, 4) is 0 Å². The molecule has 1 amide bonds. The van der Waals surface area contributed by atoms with Gasteiger partial charge in [-0.25, -0.2) is 0 Å². The van der Waals surface area contributed by atoms with Crippen LogP contribution in [-0.4, -0.2) is 10.5 Å². The molecule has 0 spiro atoms. The van der Waals surface area contributed by atoms with E-state index in [1.807, 2.05) is 41.0 Å². The van der Waals surface area contributed by atoms with E-state index >= 15 is 0 Å². The first-order valence-corrected chi connectivity index (χ1v) is 7.07. The Bertz CT molecular complexity index is 754. The fraction of sp³-hybridized carbons (Fsp3) is 0.235. The largest absolute Gasteiger partial charge is 0.463 e. The van der Waals surface area contributed by atoms with Gasteiger partial charge in [0.2, 0.25) is 0 Å². The van der Waals surface area contributed by atoms with Gasteiger partial charge < -0.3 is 14.3 Å². The van der Waals surface area contributed by atoms with Crippen LogP contribution < -0.4 is 5.32 Å². The quantitative estimate of drug-likeness (QED) is 0.792. The monoisotopic (exact) mass is 282 g/mol. The number of amides is 1. The highest BCUT2D eigenvalue weighted by Crippen LogP contribution is 2.25. The second kappa shape index (κ2) is 5.48. The molecular weight excluding hydrogens is 264 g/mol. The minimum atomic E-state index is -0.0843. The van der Waals surface area contributed by atoms with Crippen molar-refractivity contribution in [2.24, 2.45) is 0 Å². The molecule has 0 saturated heterocycles. The zero-order valence-corrected chi connectivity index (χ0v) is 12.2. The third-order valence-electron chi connectivity index (χ3n) is 3.51. The molecule has 0 radical (unpaired) electrons. The Hall–Kier alpha value is -2.49. The lowest BCUT2D eigenvalue weighted by Gasteiger charge is -2.13. The van der Waals surface area contributed by atoms with Crippen molar-refractivity contribution in [1.29, 1.82) is 0 Å². The van der Waals surface area contributed by atoms with Crippen LogP contribution in [0.15, 0.2) is 53.1 Å². The van der Waals surface area contributed by atoms with E-state index in [4.69, 9.17) is 4.42 Å².